The summed E-state index contributed by atoms with van der Waals surface area (Å²) in [6.07, 6.45) is 5.81. The van der Waals surface area contributed by atoms with E-state index in [4.69, 9.17) is 26.1 Å². The van der Waals surface area contributed by atoms with Gasteiger partial charge in [-0.25, -0.2) is 14.2 Å². The molecule has 3 N–H and O–H groups in total. The van der Waals surface area contributed by atoms with Gasteiger partial charge >= 0.3 is 0 Å². The Bertz CT molecular complexity index is 1500. The standard InChI is InChI=1S/C25H25ClN6O2S/c26-20-15-29-25(31-24(20)19-14-28-21-4-2-1-3-18(19)21)30-22-8-5-16(13-23(22)34-17-6-7-17)32-9-11-35(27,33)12-10-32/h1-5,8,13-15,17,27-28H,6-7,9-12H2,(H,29,30,31). The zero-order valence-electron chi connectivity index (χ0n) is 19.0. The number of aromatic nitrogens is 3. The predicted molar refractivity (Wildman–Crippen MR) is 141 cm³/mol. The van der Waals surface area contributed by atoms with E-state index in [1.165, 1.54) is 0 Å². The zero-order valence-corrected chi connectivity index (χ0v) is 20.5. The lowest BCUT2D eigenvalue weighted by Crippen LogP contribution is -2.39. The SMILES string of the molecule is N=S1(=O)CCN(c2ccc(Nc3ncc(Cl)c(-c4c[nH]c5ccccc45)n3)c(OC3CC3)c2)CC1. The lowest BCUT2D eigenvalue weighted by Gasteiger charge is -2.30. The maximum absolute atomic E-state index is 12.1. The minimum atomic E-state index is -2.45. The summed E-state index contributed by atoms with van der Waals surface area (Å²) < 4.78 is 26.1. The second kappa shape index (κ2) is 8.73. The molecule has 35 heavy (non-hydrogen) atoms. The van der Waals surface area contributed by atoms with Crippen LogP contribution in [0.15, 0.2) is 54.9 Å². The summed E-state index contributed by atoms with van der Waals surface area (Å²) in [6.45, 7) is 1.21. The maximum atomic E-state index is 12.1. The average Bonchev–Trinajstić information content (AvgIpc) is 3.57. The molecule has 0 spiro atoms. The van der Waals surface area contributed by atoms with Crippen LogP contribution in [0.2, 0.25) is 5.02 Å². The molecule has 1 aliphatic carbocycles. The number of nitrogens with one attached hydrogen (secondary N) is 3. The van der Waals surface area contributed by atoms with Gasteiger partial charge in [-0.15, -0.1) is 0 Å². The molecule has 6 rings (SSSR count). The number of para-hydroxylation sites is 1. The van der Waals surface area contributed by atoms with E-state index in [2.05, 4.69) is 20.2 Å². The molecule has 4 aromatic rings. The molecule has 10 heteroatoms. The second-order valence-corrected chi connectivity index (χ2v) is 11.8. The van der Waals surface area contributed by atoms with E-state index in [9.17, 15) is 4.21 Å². The molecule has 1 aliphatic heterocycles. The van der Waals surface area contributed by atoms with Gasteiger partial charge in [0, 0.05) is 68.7 Å². The van der Waals surface area contributed by atoms with Crippen LogP contribution in [0.5, 0.6) is 5.75 Å². The first kappa shape index (κ1) is 22.2. The first-order chi connectivity index (χ1) is 16.9. The van der Waals surface area contributed by atoms with E-state index in [-0.39, 0.29) is 6.10 Å². The van der Waals surface area contributed by atoms with E-state index in [0.717, 1.165) is 46.4 Å². The summed E-state index contributed by atoms with van der Waals surface area (Å²) in [5.74, 6) is 1.94. The Labute approximate surface area is 208 Å². The Balaban J connectivity index is 1.31. The molecular weight excluding hydrogens is 484 g/mol. The van der Waals surface area contributed by atoms with Crippen molar-refractivity contribution in [2.24, 2.45) is 0 Å². The summed E-state index contributed by atoms with van der Waals surface area (Å²) in [4.78, 5) is 14.6. The molecule has 2 aromatic carbocycles. The highest BCUT2D eigenvalue weighted by atomic mass is 35.5. The molecule has 1 saturated heterocycles. The van der Waals surface area contributed by atoms with E-state index in [1.807, 2.05) is 48.7 Å². The van der Waals surface area contributed by atoms with Crippen molar-refractivity contribution in [3.05, 3.63) is 59.9 Å². The van der Waals surface area contributed by atoms with E-state index in [0.29, 0.717) is 41.3 Å². The molecule has 1 saturated carbocycles. The van der Waals surface area contributed by atoms with Gasteiger partial charge in [-0.05, 0) is 31.0 Å². The van der Waals surface area contributed by atoms with E-state index >= 15 is 0 Å². The monoisotopic (exact) mass is 508 g/mol. The van der Waals surface area contributed by atoms with Crippen molar-refractivity contribution in [2.75, 3.05) is 34.8 Å². The smallest absolute Gasteiger partial charge is 0.227 e. The van der Waals surface area contributed by atoms with Crippen LogP contribution in [-0.2, 0) is 9.73 Å². The van der Waals surface area contributed by atoms with Crippen molar-refractivity contribution < 1.29 is 8.95 Å². The van der Waals surface area contributed by atoms with Crippen molar-refractivity contribution >= 4 is 49.6 Å². The Kier molecular flexibility index (Phi) is 5.53. The highest BCUT2D eigenvalue weighted by molar-refractivity contribution is 7.92. The molecule has 0 unspecified atom stereocenters. The predicted octanol–water partition coefficient (Wildman–Crippen LogP) is 5.43. The molecule has 8 nitrogen and oxygen atoms in total. The van der Waals surface area contributed by atoms with E-state index < -0.39 is 9.73 Å². The number of anilines is 3. The van der Waals surface area contributed by atoms with Gasteiger partial charge in [0.05, 0.1) is 28.7 Å². The maximum Gasteiger partial charge on any atom is 0.227 e. The fourth-order valence-corrected chi connectivity index (χ4v) is 5.69. The molecule has 3 heterocycles. The minimum Gasteiger partial charge on any atom is -0.488 e. The summed E-state index contributed by atoms with van der Waals surface area (Å²) in [7, 11) is -2.45. The van der Waals surface area contributed by atoms with Gasteiger partial charge in [0.15, 0.2) is 0 Å². The number of rotatable bonds is 6. The molecular formula is C25H25ClN6O2S. The van der Waals surface area contributed by atoms with Crippen LogP contribution in [0.25, 0.3) is 22.2 Å². The number of fused-ring (bicyclic) bond motifs is 1. The Morgan fingerprint density at radius 2 is 1.97 bits per heavy atom. The lowest BCUT2D eigenvalue weighted by atomic mass is 10.1. The van der Waals surface area contributed by atoms with E-state index in [1.54, 1.807) is 6.20 Å². The molecule has 2 fully saturated rings. The minimum absolute atomic E-state index is 0.215. The van der Waals surface area contributed by atoms with Crippen molar-refractivity contribution in [3.63, 3.8) is 0 Å². The van der Waals surface area contributed by atoms with Crippen LogP contribution in [0.4, 0.5) is 17.3 Å². The average molecular weight is 509 g/mol. The summed E-state index contributed by atoms with van der Waals surface area (Å²) in [5.41, 5.74) is 4.35. The highest BCUT2D eigenvalue weighted by Gasteiger charge is 2.26. The number of hydrogen-bond acceptors (Lipinski definition) is 7. The molecule has 0 bridgehead atoms. The first-order valence-corrected chi connectivity index (χ1v) is 13.9. The molecule has 0 amide bonds. The van der Waals surface area contributed by atoms with Crippen LogP contribution in [0, 0.1) is 4.78 Å². The third-order valence-corrected chi connectivity index (χ3v) is 8.33. The van der Waals surface area contributed by atoms with Gasteiger partial charge in [0.2, 0.25) is 5.95 Å². The number of benzene rings is 2. The Morgan fingerprint density at radius 3 is 2.77 bits per heavy atom. The quantitative estimate of drug-likeness (QED) is 0.320. The largest absolute Gasteiger partial charge is 0.488 e. The number of aromatic amines is 1. The van der Waals surface area contributed by atoms with Gasteiger partial charge in [-0.2, -0.15) is 0 Å². The molecule has 0 radical (unpaired) electrons. The highest BCUT2D eigenvalue weighted by Crippen LogP contribution is 2.38. The summed E-state index contributed by atoms with van der Waals surface area (Å²) in [6, 6.07) is 14.0. The van der Waals surface area contributed by atoms with Crippen LogP contribution >= 0.6 is 11.6 Å². The molecule has 2 aliphatic rings. The number of halogens is 1. The fraction of sp³-hybridized carbons (Fsp3) is 0.280. The molecule has 0 atom stereocenters. The number of ether oxygens (including phenoxy) is 1. The number of hydrogen-bond donors (Lipinski definition) is 3. The van der Waals surface area contributed by atoms with Crippen LogP contribution in [0.3, 0.4) is 0 Å². The Hall–Kier alpha value is -3.30. The number of nitrogens with zero attached hydrogens (tertiary/aromatic N) is 3. The molecule has 180 valence electrons. The van der Waals surface area contributed by atoms with Crippen molar-refractivity contribution in [1.29, 1.82) is 4.78 Å². The van der Waals surface area contributed by atoms with Crippen molar-refractivity contribution in [2.45, 2.75) is 18.9 Å². The zero-order chi connectivity index (χ0) is 24.0. The Morgan fingerprint density at radius 1 is 1.17 bits per heavy atom. The fourth-order valence-electron chi connectivity index (χ4n) is 4.27. The first-order valence-electron chi connectivity index (χ1n) is 11.6. The topological polar surface area (TPSA) is 107 Å². The number of H-pyrrole nitrogens is 1. The third-order valence-electron chi connectivity index (χ3n) is 6.37. The van der Waals surface area contributed by atoms with Gasteiger partial charge in [-0.1, -0.05) is 29.8 Å². The third kappa shape index (κ3) is 4.66. The summed E-state index contributed by atoms with van der Waals surface area (Å²) in [5, 5.41) is 4.83. The van der Waals surface area contributed by atoms with Gasteiger partial charge in [-0.3, -0.25) is 4.78 Å². The lowest BCUT2D eigenvalue weighted by molar-refractivity contribution is 0.305. The van der Waals surface area contributed by atoms with Crippen molar-refractivity contribution in [1.82, 2.24) is 15.0 Å². The van der Waals surface area contributed by atoms with Crippen LogP contribution < -0.4 is 15.0 Å². The molecule has 2 aromatic heterocycles. The normalized spacial score (nSPS) is 17.5. The second-order valence-electron chi connectivity index (χ2n) is 8.97. The van der Waals surface area contributed by atoms with Gasteiger partial charge in [0.25, 0.3) is 0 Å². The van der Waals surface area contributed by atoms with Gasteiger partial charge in [0.1, 0.15) is 5.75 Å². The van der Waals surface area contributed by atoms with Gasteiger partial charge < -0.3 is 19.9 Å². The van der Waals surface area contributed by atoms with Crippen molar-refractivity contribution in [3.8, 4) is 17.0 Å². The summed E-state index contributed by atoms with van der Waals surface area (Å²) >= 11 is 6.50. The van der Waals surface area contributed by atoms with Crippen LogP contribution in [-0.4, -0.2) is 49.9 Å². The van der Waals surface area contributed by atoms with Crippen LogP contribution in [0.1, 0.15) is 12.8 Å².